The quantitative estimate of drug-likeness (QED) is 0.628. The van der Waals surface area contributed by atoms with Crippen LogP contribution in [0.4, 0.5) is 0 Å². The van der Waals surface area contributed by atoms with Gasteiger partial charge >= 0.3 is 0 Å². The molecule has 12 heavy (non-hydrogen) atoms. The Morgan fingerprint density at radius 1 is 1.17 bits per heavy atom. The maximum Gasteiger partial charge on any atom is 0.137 e. The number of hydrogen-bond acceptors (Lipinski definition) is 2. The lowest BCUT2D eigenvalue weighted by Gasteiger charge is -2.01. The monoisotopic (exact) mass is 158 g/mol. The first kappa shape index (κ1) is 7.03. The molecule has 3 heteroatoms. The first-order valence-corrected chi connectivity index (χ1v) is 3.64. The van der Waals surface area contributed by atoms with E-state index in [1.54, 1.807) is 12.4 Å². The highest BCUT2D eigenvalue weighted by Crippen LogP contribution is 2.04. The third-order valence-corrected chi connectivity index (χ3v) is 1.61. The van der Waals surface area contributed by atoms with Gasteiger partial charge in [0.25, 0.3) is 0 Å². The maximum atomic E-state index is 4.16. The Balaban J connectivity index is 2.51. The smallest absolute Gasteiger partial charge is 0.137 e. The Morgan fingerprint density at radius 3 is 2.67 bits per heavy atom. The van der Waals surface area contributed by atoms with Gasteiger partial charge in [-0.1, -0.05) is 6.07 Å². The lowest BCUT2D eigenvalue weighted by Crippen LogP contribution is -1.97. The van der Waals surface area contributed by atoms with E-state index in [9.17, 15) is 0 Å². The molecular weight excluding hydrogens is 150 g/mol. The third kappa shape index (κ3) is 1.09. The molecule has 0 fully saturated rings. The molecule has 0 amide bonds. The van der Waals surface area contributed by atoms with Crippen molar-refractivity contribution in [2.75, 3.05) is 0 Å². The van der Waals surface area contributed by atoms with Crippen LogP contribution < -0.4 is 0 Å². The summed E-state index contributed by atoms with van der Waals surface area (Å²) in [6.45, 7) is 3.77. The third-order valence-electron chi connectivity index (χ3n) is 1.61. The zero-order chi connectivity index (χ0) is 8.39. The molecule has 0 atom stereocenters. The number of pyridine rings is 1. The molecule has 0 aliphatic rings. The summed E-state index contributed by atoms with van der Waals surface area (Å²) in [5.41, 5.74) is 0. The van der Waals surface area contributed by atoms with Crippen molar-refractivity contribution in [1.82, 2.24) is 14.5 Å². The topological polar surface area (TPSA) is 30.7 Å². The van der Waals surface area contributed by atoms with E-state index in [2.05, 4.69) is 16.9 Å². The van der Waals surface area contributed by atoms with Gasteiger partial charge in [-0.15, -0.1) is 0 Å². The van der Waals surface area contributed by atoms with Crippen molar-refractivity contribution in [3.63, 3.8) is 0 Å². The van der Waals surface area contributed by atoms with Gasteiger partial charge in [-0.25, -0.2) is 9.97 Å². The van der Waals surface area contributed by atoms with E-state index in [4.69, 9.17) is 0 Å². The summed E-state index contributed by atoms with van der Waals surface area (Å²) in [4.78, 5) is 8.17. The standard InChI is InChI=1S/C9H8N3/c1-8-10-6-7-12(8)9-4-2-3-5-11-9/h2-7H,1H2. The highest BCUT2D eigenvalue weighted by atomic mass is 15.1. The van der Waals surface area contributed by atoms with Gasteiger partial charge in [-0.2, -0.15) is 0 Å². The van der Waals surface area contributed by atoms with Crippen molar-refractivity contribution in [2.24, 2.45) is 0 Å². The Kier molecular flexibility index (Phi) is 1.63. The van der Waals surface area contributed by atoms with Crippen molar-refractivity contribution in [1.29, 1.82) is 0 Å². The van der Waals surface area contributed by atoms with Crippen LogP contribution >= 0.6 is 0 Å². The summed E-state index contributed by atoms with van der Waals surface area (Å²) in [5, 5.41) is 0. The van der Waals surface area contributed by atoms with Gasteiger partial charge in [0.05, 0.1) is 0 Å². The van der Waals surface area contributed by atoms with Gasteiger partial charge in [-0.3, -0.25) is 4.57 Å². The lowest BCUT2D eigenvalue weighted by molar-refractivity contribution is 0.963. The molecule has 0 aliphatic heterocycles. The van der Waals surface area contributed by atoms with Crippen LogP contribution in [0.5, 0.6) is 0 Å². The van der Waals surface area contributed by atoms with Gasteiger partial charge in [-0.05, 0) is 12.1 Å². The van der Waals surface area contributed by atoms with E-state index >= 15 is 0 Å². The summed E-state index contributed by atoms with van der Waals surface area (Å²) in [7, 11) is 0. The molecule has 0 aliphatic carbocycles. The van der Waals surface area contributed by atoms with Crippen LogP contribution in [0.2, 0.25) is 0 Å². The van der Waals surface area contributed by atoms with Gasteiger partial charge in [0.1, 0.15) is 11.6 Å². The Labute approximate surface area is 70.7 Å². The van der Waals surface area contributed by atoms with Crippen molar-refractivity contribution < 1.29 is 0 Å². The van der Waals surface area contributed by atoms with Gasteiger partial charge < -0.3 is 0 Å². The van der Waals surface area contributed by atoms with E-state index < -0.39 is 0 Å². The van der Waals surface area contributed by atoms with Gasteiger partial charge in [0.2, 0.25) is 0 Å². The van der Waals surface area contributed by atoms with Crippen LogP contribution in [0.1, 0.15) is 5.82 Å². The summed E-state index contributed by atoms with van der Waals surface area (Å²) in [5.74, 6) is 1.55. The molecule has 0 unspecified atom stereocenters. The molecule has 0 N–H and O–H groups in total. The Hall–Kier alpha value is -1.64. The minimum atomic E-state index is 0.703. The average Bonchev–Trinajstić information content (AvgIpc) is 2.53. The molecule has 0 saturated carbocycles. The van der Waals surface area contributed by atoms with Crippen LogP contribution in [0.15, 0.2) is 36.8 Å². The molecule has 1 radical (unpaired) electrons. The van der Waals surface area contributed by atoms with Crippen molar-refractivity contribution in [2.45, 2.75) is 0 Å². The van der Waals surface area contributed by atoms with Crippen molar-refractivity contribution in [3.05, 3.63) is 49.5 Å². The normalized spacial score (nSPS) is 10.1. The van der Waals surface area contributed by atoms with E-state index in [1.807, 2.05) is 29.0 Å². The predicted molar refractivity (Wildman–Crippen MR) is 45.8 cm³/mol. The summed E-state index contributed by atoms with van der Waals surface area (Å²) < 4.78 is 1.83. The van der Waals surface area contributed by atoms with Crippen LogP contribution in [-0.2, 0) is 0 Å². The van der Waals surface area contributed by atoms with Crippen LogP contribution in [0.3, 0.4) is 0 Å². The van der Waals surface area contributed by atoms with E-state index in [0.29, 0.717) is 5.82 Å². The van der Waals surface area contributed by atoms with E-state index in [1.165, 1.54) is 0 Å². The fraction of sp³-hybridized carbons (Fsp3) is 0. The SMILES string of the molecule is [CH2]c1nccn1-c1ccccn1. The zero-order valence-corrected chi connectivity index (χ0v) is 6.51. The minimum Gasteiger partial charge on any atom is -0.288 e. The highest BCUT2D eigenvalue weighted by molar-refractivity contribution is 5.24. The fourth-order valence-electron chi connectivity index (χ4n) is 1.04. The molecule has 2 aromatic heterocycles. The molecule has 0 bridgehead atoms. The van der Waals surface area contributed by atoms with Crippen molar-refractivity contribution >= 4 is 0 Å². The first-order chi connectivity index (χ1) is 5.88. The predicted octanol–water partition coefficient (Wildman–Crippen LogP) is 1.45. The summed E-state index contributed by atoms with van der Waals surface area (Å²) in [6, 6.07) is 5.72. The van der Waals surface area contributed by atoms with Gasteiger partial charge in [0, 0.05) is 25.5 Å². The number of aromatic nitrogens is 3. The molecule has 59 valence electrons. The number of imidazole rings is 1. The van der Waals surface area contributed by atoms with Crippen LogP contribution in [0.25, 0.3) is 5.82 Å². The molecule has 2 rings (SSSR count). The molecule has 2 aromatic rings. The van der Waals surface area contributed by atoms with Crippen LogP contribution in [-0.4, -0.2) is 14.5 Å². The van der Waals surface area contributed by atoms with Gasteiger partial charge in [0.15, 0.2) is 0 Å². The second-order valence-corrected chi connectivity index (χ2v) is 2.40. The molecular formula is C9H8N3. The van der Waals surface area contributed by atoms with Crippen molar-refractivity contribution in [3.8, 4) is 5.82 Å². The minimum absolute atomic E-state index is 0.703. The zero-order valence-electron chi connectivity index (χ0n) is 6.51. The molecule has 3 nitrogen and oxygen atoms in total. The number of rotatable bonds is 1. The van der Waals surface area contributed by atoms with Crippen LogP contribution in [0, 0.1) is 6.92 Å². The Morgan fingerprint density at radius 2 is 2.08 bits per heavy atom. The highest BCUT2D eigenvalue weighted by Gasteiger charge is 1.98. The second-order valence-electron chi connectivity index (χ2n) is 2.40. The molecule has 0 spiro atoms. The number of hydrogen-bond donors (Lipinski definition) is 0. The summed E-state index contributed by atoms with van der Waals surface area (Å²) in [6.07, 6.45) is 5.29. The lowest BCUT2D eigenvalue weighted by atomic mass is 10.4. The molecule has 2 heterocycles. The maximum absolute atomic E-state index is 4.16. The summed E-state index contributed by atoms with van der Waals surface area (Å²) >= 11 is 0. The Bertz CT molecular complexity index is 364. The van der Waals surface area contributed by atoms with E-state index in [-0.39, 0.29) is 0 Å². The first-order valence-electron chi connectivity index (χ1n) is 3.64. The largest absolute Gasteiger partial charge is 0.288 e. The molecule has 0 aromatic carbocycles. The average molecular weight is 158 g/mol. The molecule has 0 saturated heterocycles. The second kappa shape index (κ2) is 2.77. The van der Waals surface area contributed by atoms with E-state index in [0.717, 1.165) is 5.82 Å². The number of nitrogens with zero attached hydrogens (tertiary/aromatic N) is 3. The fourth-order valence-corrected chi connectivity index (χ4v) is 1.04.